The number of nitrogens with two attached hydrogens (primary N) is 1. The molecule has 1 atom stereocenters. The summed E-state index contributed by atoms with van der Waals surface area (Å²) in [5, 5.41) is 33.1. The van der Waals surface area contributed by atoms with Crippen LogP contribution in [0.4, 0.5) is 11.5 Å². The van der Waals surface area contributed by atoms with Crippen molar-refractivity contribution >= 4 is 34.1 Å². The Balaban J connectivity index is 1.70. The highest BCUT2D eigenvalue weighted by Gasteiger charge is 2.23. The van der Waals surface area contributed by atoms with Crippen molar-refractivity contribution in [3.63, 3.8) is 0 Å². The van der Waals surface area contributed by atoms with Gasteiger partial charge >= 0.3 is 0 Å². The van der Waals surface area contributed by atoms with Crippen LogP contribution >= 0.6 is 11.6 Å². The van der Waals surface area contributed by atoms with Gasteiger partial charge in [0.1, 0.15) is 5.52 Å². The molecular weight excluding hydrogens is 460 g/mol. The van der Waals surface area contributed by atoms with E-state index in [1.54, 1.807) is 6.20 Å². The molecule has 0 aliphatic heterocycles. The fourth-order valence-corrected chi connectivity index (χ4v) is 3.92. The first-order chi connectivity index (χ1) is 16.5. The number of nitrogens with one attached hydrogen (secondary N) is 2. The Bertz CT molecular complexity index is 1260. The Morgan fingerprint density at radius 1 is 1.24 bits per heavy atom. The fourth-order valence-electron chi connectivity index (χ4n) is 3.73. The average molecular weight is 487 g/mol. The largest absolute Gasteiger partial charge is 0.394 e. The molecule has 12 heteroatoms. The number of benzene rings is 1. The number of nitrogens with zero attached hydrogens (tertiary/aromatic N) is 5. The van der Waals surface area contributed by atoms with Crippen LogP contribution in [0.2, 0.25) is 5.02 Å². The first kappa shape index (κ1) is 23.9. The number of aromatic nitrogens is 5. The molecule has 4 rings (SSSR count). The molecule has 0 radical (unpaired) electrons. The van der Waals surface area contributed by atoms with E-state index in [-0.39, 0.29) is 12.4 Å². The summed E-state index contributed by atoms with van der Waals surface area (Å²) >= 11 is 6.23. The second kappa shape index (κ2) is 10.8. The number of rotatable bonds is 11. The van der Waals surface area contributed by atoms with Crippen molar-refractivity contribution in [2.45, 2.75) is 26.0 Å². The van der Waals surface area contributed by atoms with Gasteiger partial charge in [0.15, 0.2) is 17.3 Å². The van der Waals surface area contributed by atoms with E-state index in [9.17, 15) is 5.11 Å². The second-order valence-electron chi connectivity index (χ2n) is 7.73. The molecule has 6 N–H and O–H groups in total. The summed E-state index contributed by atoms with van der Waals surface area (Å²) in [6, 6.07) is 7.46. The Labute approximate surface area is 200 Å². The van der Waals surface area contributed by atoms with Crippen LogP contribution in [0.25, 0.3) is 33.8 Å². The van der Waals surface area contributed by atoms with Gasteiger partial charge in [-0.2, -0.15) is 0 Å². The van der Waals surface area contributed by atoms with E-state index in [2.05, 4.69) is 20.9 Å². The quantitative estimate of drug-likeness (QED) is 0.199. The van der Waals surface area contributed by atoms with Gasteiger partial charge in [0.05, 0.1) is 35.8 Å². The van der Waals surface area contributed by atoms with Crippen molar-refractivity contribution in [1.82, 2.24) is 30.2 Å². The molecule has 180 valence electrons. The van der Waals surface area contributed by atoms with Gasteiger partial charge in [-0.25, -0.2) is 9.61 Å². The third-order valence-electron chi connectivity index (χ3n) is 5.35. The third-order valence-corrected chi connectivity index (χ3v) is 5.58. The lowest BCUT2D eigenvalue weighted by Gasteiger charge is -2.13. The first-order valence-electron chi connectivity index (χ1n) is 11.0. The van der Waals surface area contributed by atoms with Crippen LogP contribution in [0.15, 0.2) is 35.1 Å². The number of aryl methyl sites for hydroxylation is 1. The van der Waals surface area contributed by atoms with Crippen LogP contribution in [0.5, 0.6) is 0 Å². The van der Waals surface area contributed by atoms with E-state index >= 15 is 0 Å². The van der Waals surface area contributed by atoms with E-state index in [0.29, 0.717) is 53.9 Å². The number of imidazole rings is 1. The van der Waals surface area contributed by atoms with Gasteiger partial charge in [-0.15, -0.1) is 0 Å². The predicted octanol–water partition coefficient (Wildman–Crippen LogP) is 2.15. The van der Waals surface area contributed by atoms with E-state index in [4.69, 9.17) is 37.0 Å². The second-order valence-corrected chi connectivity index (χ2v) is 8.16. The van der Waals surface area contributed by atoms with E-state index in [1.165, 1.54) is 0 Å². The summed E-state index contributed by atoms with van der Waals surface area (Å²) < 4.78 is 6.82. The smallest absolute Gasteiger partial charge is 0.199 e. The summed E-state index contributed by atoms with van der Waals surface area (Å²) in [5.74, 6) is 0.697. The summed E-state index contributed by atoms with van der Waals surface area (Å²) in [4.78, 5) is 9.55. The minimum absolute atomic E-state index is 0.160. The number of hydrogen-bond donors (Lipinski definition) is 5. The lowest BCUT2D eigenvalue weighted by molar-refractivity contribution is 0.0946. The molecule has 0 aliphatic carbocycles. The van der Waals surface area contributed by atoms with Gasteiger partial charge in [0, 0.05) is 30.2 Å². The lowest BCUT2D eigenvalue weighted by atomic mass is 10.1. The zero-order valence-corrected chi connectivity index (χ0v) is 19.5. The zero-order valence-electron chi connectivity index (χ0n) is 18.7. The standard InChI is InChI=1S/C22H27ClN8O3/c1-2-31-20-16(26-8-4-7-25-10-15(33)12-32)11-27-17(13-5-3-6-14(23)9-13)18(20)28-22(31)19-21(24)30-34-29-19/h3,5-6,9,11,15,25-26,32-33H,2,4,7-8,10,12H2,1H3,(H2,24,30)/t15-/m0/s1. The molecule has 11 nitrogen and oxygen atoms in total. The molecule has 0 saturated carbocycles. The number of hydrogen-bond acceptors (Lipinski definition) is 10. The van der Waals surface area contributed by atoms with Crippen LogP contribution in [0.3, 0.4) is 0 Å². The molecule has 0 amide bonds. The van der Waals surface area contributed by atoms with E-state index in [0.717, 1.165) is 23.2 Å². The molecule has 3 heterocycles. The van der Waals surface area contributed by atoms with Crippen LogP contribution in [-0.2, 0) is 6.54 Å². The number of halogens is 1. The summed E-state index contributed by atoms with van der Waals surface area (Å²) in [6.07, 6.45) is 1.82. The zero-order chi connectivity index (χ0) is 24.1. The number of nitrogen functional groups attached to an aromatic ring is 1. The normalized spacial score (nSPS) is 12.4. The van der Waals surface area contributed by atoms with Crippen LogP contribution in [0, 0.1) is 0 Å². The highest BCUT2D eigenvalue weighted by molar-refractivity contribution is 6.30. The number of aliphatic hydroxyl groups excluding tert-OH is 2. The van der Waals surface area contributed by atoms with E-state index in [1.807, 2.05) is 35.8 Å². The van der Waals surface area contributed by atoms with Crippen molar-refractivity contribution in [2.75, 3.05) is 37.3 Å². The molecule has 4 aromatic rings. The maximum Gasteiger partial charge on any atom is 0.199 e. The van der Waals surface area contributed by atoms with Crippen molar-refractivity contribution in [2.24, 2.45) is 0 Å². The Hall–Kier alpha value is -3.25. The molecule has 0 saturated heterocycles. The molecule has 0 fully saturated rings. The van der Waals surface area contributed by atoms with Crippen LogP contribution < -0.4 is 16.4 Å². The van der Waals surface area contributed by atoms with Gasteiger partial charge in [-0.05, 0) is 42.3 Å². The van der Waals surface area contributed by atoms with Crippen molar-refractivity contribution in [3.8, 4) is 22.8 Å². The minimum Gasteiger partial charge on any atom is -0.394 e. The molecule has 0 spiro atoms. The van der Waals surface area contributed by atoms with Gasteiger partial charge in [0.2, 0.25) is 0 Å². The number of aliphatic hydroxyl groups is 2. The highest BCUT2D eigenvalue weighted by atomic mass is 35.5. The molecule has 1 aromatic carbocycles. The Kier molecular flexibility index (Phi) is 7.58. The maximum atomic E-state index is 9.43. The Morgan fingerprint density at radius 3 is 2.79 bits per heavy atom. The number of fused-ring (bicyclic) bond motifs is 1. The SMILES string of the molecule is CCn1c(-c2nonc2N)nc2c(-c3cccc(Cl)c3)ncc(NCCCNC[C@H](O)CO)c21. The van der Waals surface area contributed by atoms with Gasteiger partial charge < -0.3 is 31.1 Å². The van der Waals surface area contributed by atoms with Crippen LogP contribution in [-0.4, -0.2) is 67.4 Å². The number of anilines is 2. The van der Waals surface area contributed by atoms with Crippen molar-refractivity contribution in [1.29, 1.82) is 0 Å². The Morgan fingerprint density at radius 2 is 2.09 bits per heavy atom. The summed E-state index contributed by atoms with van der Waals surface area (Å²) in [7, 11) is 0. The molecule has 0 bridgehead atoms. The van der Waals surface area contributed by atoms with Crippen molar-refractivity contribution in [3.05, 3.63) is 35.5 Å². The molecule has 0 unspecified atom stereocenters. The van der Waals surface area contributed by atoms with Gasteiger partial charge in [-0.1, -0.05) is 23.7 Å². The van der Waals surface area contributed by atoms with Gasteiger partial charge in [0.25, 0.3) is 0 Å². The molecule has 3 aromatic heterocycles. The van der Waals surface area contributed by atoms with E-state index < -0.39 is 6.10 Å². The number of pyridine rings is 1. The molecular formula is C22H27ClN8O3. The maximum absolute atomic E-state index is 9.43. The highest BCUT2D eigenvalue weighted by Crippen LogP contribution is 2.36. The molecule has 0 aliphatic rings. The van der Waals surface area contributed by atoms with Crippen molar-refractivity contribution < 1.29 is 14.8 Å². The third kappa shape index (κ3) is 4.97. The summed E-state index contributed by atoms with van der Waals surface area (Å²) in [5.41, 5.74) is 10.2. The summed E-state index contributed by atoms with van der Waals surface area (Å²) in [6.45, 7) is 4.03. The first-order valence-corrected chi connectivity index (χ1v) is 11.4. The minimum atomic E-state index is -0.758. The lowest BCUT2D eigenvalue weighted by Crippen LogP contribution is -2.30. The topological polar surface area (TPSA) is 160 Å². The monoisotopic (exact) mass is 486 g/mol. The average Bonchev–Trinajstić information content (AvgIpc) is 3.44. The predicted molar refractivity (Wildman–Crippen MR) is 130 cm³/mol. The molecule has 34 heavy (non-hydrogen) atoms. The van der Waals surface area contributed by atoms with Crippen LogP contribution in [0.1, 0.15) is 13.3 Å². The fraction of sp³-hybridized carbons (Fsp3) is 0.364. The van der Waals surface area contributed by atoms with Gasteiger partial charge in [-0.3, -0.25) is 4.98 Å².